The molecular weight excluding hydrogens is 142 g/mol. The van der Waals surface area contributed by atoms with Gasteiger partial charge in [0.15, 0.2) is 0 Å². The Bertz CT molecular complexity index is 175. The summed E-state index contributed by atoms with van der Waals surface area (Å²) < 4.78 is 0.586. The molecule has 0 saturated heterocycles. The van der Waals surface area contributed by atoms with Crippen LogP contribution in [0.15, 0.2) is 6.07 Å². The fourth-order valence-corrected chi connectivity index (χ4v) is 1.80. The Kier molecular flexibility index (Phi) is 1.50. The monoisotopic (exact) mass is 148 g/mol. The lowest BCUT2D eigenvalue weighted by molar-refractivity contribution is 0.478. The minimum absolute atomic E-state index is 0.238. The summed E-state index contributed by atoms with van der Waals surface area (Å²) in [6.45, 7) is 1.95. The van der Waals surface area contributed by atoms with Gasteiger partial charge in [0.2, 0.25) is 0 Å². The predicted molar refractivity (Wildman–Crippen MR) is 37.4 cm³/mol. The highest BCUT2D eigenvalue weighted by Gasteiger charge is 1.97. The van der Waals surface area contributed by atoms with Crippen LogP contribution >= 0.6 is 19.8 Å². The van der Waals surface area contributed by atoms with Crippen molar-refractivity contribution in [2.75, 3.05) is 0 Å². The highest BCUT2D eigenvalue weighted by molar-refractivity contribution is 7.35. The first kappa shape index (κ1) is 6.00. The lowest BCUT2D eigenvalue weighted by atomic mass is 10.5. The molecule has 0 aliphatic heterocycles. The number of hydrogen-bond acceptors (Lipinski definition) is 1. The summed E-state index contributed by atoms with van der Waals surface area (Å²) in [5.41, 5.74) is 0. The third kappa shape index (κ3) is 0.988. The smallest absolute Gasteiger partial charge is 0.138 e. The van der Waals surface area contributed by atoms with Gasteiger partial charge in [-0.15, -0.1) is 8.19 Å². The van der Waals surface area contributed by atoms with Gasteiger partial charge in [-0.05, 0) is 18.3 Å². The molecule has 1 heterocycles. The molecule has 0 bridgehead atoms. The molecule has 0 fully saturated rings. The highest BCUT2D eigenvalue weighted by Crippen LogP contribution is 2.36. The summed E-state index contributed by atoms with van der Waals surface area (Å²) in [5.74, 6) is 0.238. The number of hydrogen-bond donors (Lipinski definition) is 1. The van der Waals surface area contributed by atoms with E-state index in [9.17, 15) is 0 Å². The van der Waals surface area contributed by atoms with Crippen LogP contribution in [0.3, 0.4) is 0 Å². The van der Waals surface area contributed by atoms with Gasteiger partial charge in [0.1, 0.15) is 5.75 Å². The second-order valence-corrected chi connectivity index (χ2v) is 3.89. The summed E-state index contributed by atoms with van der Waals surface area (Å²) in [7, 11) is 0.493. The average molecular weight is 149 g/mol. The third-order valence-electron chi connectivity index (χ3n) is 0.885. The number of aryl methyl sites for hydroxylation is 1. The van der Waals surface area contributed by atoms with Gasteiger partial charge in [0.05, 0.1) is 4.75 Å². The molecule has 0 spiro atoms. The lowest BCUT2D eigenvalue weighted by Gasteiger charge is -1.78. The molecule has 1 rings (SSSR count). The zero-order valence-electron chi connectivity index (χ0n) is 4.40. The molecule has 1 nitrogen and oxygen atoms in total. The van der Waals surface area contributed by atoms with E-state index in [2.05, 4.69) is 0 Å². The van der Waals surface area contributed by atoms with Crippen LogP contribution in [0.25, 0.3) is 0 Å². The lowest BCUT2D eigenvalue weighted by Crippen LogP contribution is -1.49. The average Bonchev–Trinajstić information content (AvgIpc) is 1.85. The maximum atomic E-state index is 8.85. The topological polar surface area (TPSA) is 20.2 Å². The zero-order valence-corrected chi connectivity index (χ0v) is 6.16. The molecule has 0 aliphatic carbocycles. The van der Waals surface area contributed by atoms with Gasteiger partial charge in [-0.3, -0.25) is 0 Å². The standard InChI is InChI=1S/C5H6ClOP/c1-3-2-4(7)5(6)8-3/h2,7-8H,1H3. The Morgan fingerprint density at radius 2 is 2.38 bits per heavy atom. The van der Waals surface area contributed by atoms with E-state index in [0.29, 0.717) is 12.9 Å². The van der Waals surface area contributed by atoms with E-state index < -0.39 is 0 Å². The van der Waals surface area contributed by atoms with Crippen molar-refractivity contribution in [3.8, 4) is 5.75 Å². The molecule has 0 radical (unpaired) electrons. The van der Waals surface area contributed by atoms with Crippen LogP contribution in [0.4, 0.5) is 0 Å². The van der Waals surface area contributed by atoms with E-state index in [1.165, 1.54) is 0 Å². The molecule has 8 heavy (non-hydrogen) atoms. The molecule has 44 valence electrons. The Labute approximate surface area is 54.4 Å². The number of rotatable bonds is 0. The van der Waals surface area contributed by atoms with Gasteiger partial charge in [-0.1, -0.05) is 11.6 Å². The summed E-state index contributed by atoms with van der Waals surface area (Å²) in [6.07, 6.45) is 0. The van der Waals surface area contributed by atoms with Crippen LogP contribution in [-0.4, -0.2) is 5.11 Å². The fraction of sp³-hybridized carbons (Fsp3) is 0.200. The summed E-state index contributed by atoms with van der Waals surface area (Å²) in [5, 5.41) is 9.99. The number of halogens is 1. The van der Waals surface area contributed by atoms with E-state index in [0.717, 1.165) is 5.30 Å². The number of aromatic hydroxyl groups is 1. The summed E-state index contributed by atoms with van der Waals surface area (Å²) >= 11 is 5.55. The van der Waals surface area contributed by atoms with Crippen molar-refractivity contribution in [1.29, 1.82) is 0 Å². The largest absolute Gasteiger partial charge is 0.506 e. The van der Waals surface area contributed by atoms with Crippen molar-refractivity contribution in [3.05, 3.63) is 16.1 Å². The molecule has 1 N–H and O–H groups in total. The van der Waals surface area contributed by atoms with Crippen LogP contribution in [0.5, 0.6) is 5.75 Å². The van der Waals surface area contributed by atoms with Gasteiger partial charge < -0.3 is 5.11 Å². The van der Waals surface area contributed by atoms with E-state index in [-0.39, 0.29) is 5.75 Å². The Hall–Kier alpha value is -0.130. The molecular formula is C5H6ClOP. The van der Waals surface area contributed by atoms with Gasteiger partial charge in [0.25, 0.3) is 0 Å². The van der Waals surface area contributed by atoms with Crippen molar-refractivity contribution in [2.45, 2.75) is 6.92 Å². The van der Waals surface area contributed by atoms with Gasteiger partial charge in [-0.2, -0.15) is 0 Å². The SMILES string of the molecule is Cc1cc(O)c(Cl)[pH]1. The first-order valence-electron chi connectivity index (χ1n) is 2.24. The molecule has 1 aromatic heterocycles. The van der Waals surface area contributed by atoms with Gasteiger partial charge in [-0.25, -0.2) is 0 Å². The van der Waals surface area contributed by atoms with Crippen molar-refractivity contribution in [1.82, 2.24) is 0 Å². The van der Waals surface area contributed by atoms with Crippen molar-refractivity contribution in [3.63, 3.8) is 0 Å². The second-order valence-electron chi connectivity index (χ2n) is 1.65. The van der Waals surface area contributed by atoms with E-state index in [1.54, 1.807) is 6.07 Å². The predicted octanol–water partition coefficient (Wildman–Crippen LogP) is 2.39. The molecule has 1 unspecified atom stereocenters. The van der Waals surface area contributed by atoms with Crippen LogP contribution < -0.4 is 0 Å². The zero-order chi connectivity index (χ0) is 6.15. The Morgan fingerprint density at radius 3 is 2.50 bits per heavy atom. The van der Waals surface area contributed by atoms with Gasteiger partial charge >= 0.3 is 0 Å². The molecule has 1 atom stereocenters. The third-order valence-corrected chi connectivity index (χ3v) is 2.38. The Morgan fingerprint density at radius 1 is 1.75 bits per heavy atom. The minimum atomic E-state index is 0.238. The normalized spacial score (nSPS) is 10.8. The maximum Gasteiger partial charge on any atom is 0.138 e. The van der Waals surface area contributed by atoms with Crippen molar-refractivity contribution < 1.29 is 5.11 Å². The first-order valence-corrected chi connectivity index (χ1v) is 3.62. The van der Waals surface area contributed by atoms with Crippen LogP contribution in [0.1, 0.15) is 5.30 Å². The molecule has 0 saturated carbocycles. The molecule has 0 aliphatic rings. The van der Waals surface area contributed by atoms with Crippen molar-refractivity contribution in [2.24, 2.45) is 0 Å². The van der Waals surface area contributed by atoms with Crippen LogP contribution in [-0.2, 0) is 0 Å². The highest BCUT2D eigenvalue weighted by atomic mass is 35.5. The van der Waals surface area contributed by atoms with E-state index in [1.807, 2.05) is 6.92 Å². The maximum absolute atomic E-state index is 8.85. The van der Waals surface area contributed by atoms with Crippen molar-refractivity contribution >= 4 is 19.8 Å². The van der Waals surface area contributed by atoms with E-state index >= 15 is 0 Å². The molecule has 3 heteroatoms. The Balaban J connectivity index is 3.14. The molecule has 0 aromatic carbocycles. The summed E-state index contributed by atoms with van der Waals surface area (Å²) in [6, 6.07) is 1.70. The fourth-order valence-electron chi connectivity index (χ4n) is 0.542. The second kappa shape index (κ2) is 2.00. The van der Waals surface area contributed by atoms with Crippen LogP contribution in [0.2, 0.25) is 4.75 Å². The van der Waals surface area contributed by atoms with Crippen LogP contribution in [0, 0.1) is 6.92 Å². The van der Waals surface area contributed by atoms with E-state index in [4.69, 9.17) is 16.7 Å². The summed E-state index contributed by atoms with van der Waals surface area (Å²) in [4.78, 5) is 0. The molecule has 1 aromatic rings. The molecule has 0 amide bonds. The quantitative estimate of drug-likeness (QED) is 0.599. The van der Waals surface area contributed by atoms with Gasteiger partial charge in [0, 0.05) is 0 Å². The minimum Gasteiger partial charge on any atom is -0.506 e. The first-order chi connectivity index (χ1) is 3.70.